The minimum absolute atomic E-state index is 0.129. The van der Waals surface area contributed by atoms with Gasteiger partial charge in [-0.15, -0.1) is 0 Å². The summed E-state index contributed by atoms with van der Waals surface area (Å²) >= 11 is 0. The van der Waals surface area contributed by atoms with E-state index in [0.29, 0.717) is 0 Å². The second-order valence-corrected chi connectivity index (χ2v) is 4.98. The molecule has 0 radical (unpaired) electrons. The molecule has 3 atom stereocenters. The van der Waals surface area contributed by atoms with Crippen LogP contribution in [0, 0.1) is 0 Å². The molecule has 2 aromatic carbocycles. The first-order valence-electron chi connectivity index (χ1n) is 6.73. The summed E-state index contributed by atoms with van der Waals surface area (Å²) in [4.78, 5) is 14.1. The van der Waals surface area contributed by atoms with Crippen molar-refractivity contribution in [3.8, 4) is 0 Å². The molecule has 1 heterocycles. The third kappa shape index (κ3) is 2.45. The third-order valence-corrected chi connectivity index (χ3v) is 3.72. The number of hydrogen-bond donors (Lipinski definition) is 0. The molecule has 0 N–H and O–H groups in total. The van der Waals surface area contributed by atoms with Crippen molar-refractivity contribution in [3.63, 3.8) is 0 Å². The topological polar surface area (TPSA) is 29.3 Å². The van der Waals surface area contributed by atoms with Crippen LogP contribution in [-0.2, 0) is 16.1 Å². The highest BCUT2D eigenvalue weighted by Gasteiger charge is 2.53. The van der Waals surface area contributed by atoms with Gasteiger partial charge in [0.25, 0.3) is 0 Å². The van der Waals surface area contributed by atoms with Crippen LogP contribution in [0.4, 0.5) is 0 Å². The van der Waals surface area contributed by atoms with Crippen molar-refractivity contribution in [2.24, 2.45) is 0 Å². The third-order valence-electron chi connectivity index (χ3n) is 3.72. The summed E-state index contributed by atoms with van der Waals surface area (Å²) in [6.07, 6.45) is 0. The van der Waals surface area contributed by atoms with Crippen molar-refractivity contribution in [1.29, 1.82) is 0 Å². The minimum atomic E-state index is -0.164. The van der Waals surface area contributed by atoms with Crippen LogP contribution < -0.4 is 0 Å². The maximum atomic E-state index is 11.9. The number of benzene rings is 2. The van der Waals surface area contributed by atoms with Crippen LogP contribution in [0.25, 0.3) is 0 Å². The van der Waals surface area contributed by atoms with Crippen molar-refractivity contribution < 1.29 is 9.53 Å². The molecule has 0 amide bonds. The van der Waals surface area contributed by atoms with Gasteiger partial charge in [0.1, 0.15) is 6.04 Å². The highest BCUT2D eigenvalue weighted by atomic mass is 16.5. The lowest BCUT2D eigenvalue weighted by Crippen LogP contribution is -2.14. The Bertz CT molecular complexity index is 582. The Balaban J connectivity index is 1.80. The Hall–Kier alpha value is -2.13. The van der Waals surface area contributed by atoms with Crippen LogP contribution in [0.5, 0.6) is 0 Å². The van der Waals surface area contributed by atoms with Crippen LogP contribution in [0.2, 0.25) is 0 Å². The lowest BCUT2D eigenvalue weighted by molar-refractivity contribution is -0.141. The van der Waals surface area contributed by atoms with E-state index in [0.717, 1.165) is 6.54 Å². The fourth-order valence-electron chi connectivity index (χ4n) is 2.68. The van der Waals surface area contributed by atoms with Crippen molar-refractivity contribution in [3.05, 3.63) is 71.8 Å². The van der Waals surface area contributed by atoms with E-state index in [1.54, 1.807) is 0 Å². The zero-order valence-electron chi connectivity index (χ0n) is 11.4. The number of ether oxygens (including phenoxy) is 1. The number of carbonyl (C=O) groups excluding carboxylic acids is 1. The maximum absolute atomic E-state index is 11.9. The maximum Gasteiger partial charge on any atom is 0.325 e. The second-order valence-electron chi connectivity index (χ2n) is 4.98. The summed E-state index contributed by atoms with van der Waals surface area (Å²) < 4.78 is 4.91. The highest BCUT2D eigenvalue weighted by molar-refractivity contribution is 5.80. The molecule has 2 aromatic rings. The van der Waals surface area contributed by atoms with Gasteiger partial charge in [0.05, 0.1) is 13.2 Å². The lowest BCUT2D eigenvalue weighted by atomic mass is 10.1. The largest absolute Gasteiger partial charge is 0.468 e. The van der Waals surface area contributed by atoms with E-state index < -0.39 is 0 Å². The van der Waals surface area contributed by atoms with Crippen LogP contribution in [0.15, 0.2) is 60.7 Å². The van der Waals surface area contributed by atoms with Crippen molar-refractivity contribution >= 4 is 5.97 Å². The lowest BCUT2D eigenvalue weighted by Gasteiger charge is -2.04. The van der Waals surface area contributed by atoms with Crippen molar-refractivity contribution in [2.45, 2.75) is 18.6 Å². The SMILES string of the molecule is COC(=O)[C@H]1[C@H](c2ccccc2)N1Cc1ccccc1. The molecule has 1 unspecified atom stereocenters. The van der Waals surface area contributed by atoms with E-state index in [1.165, 1.54) is 18.2 Å². The van der Waals surface area contributed by atoms with Gasteiger partial charge in [-0.05, 0) is 11.1 Å². The molecular formula is C17H17NO2. The van der Waals surface area contributed by atoms with E-state index in [-0.39, 0.29) is 18.1 Å². The monoisotopic (exact) mass is 267 g/mol. The standard InChI is InChI=1S/C17H17NO2/c1-20-17(19)16-15(14-10-6-3-7-11-14)18(16)12-13-8-4-2-5-9-13/h2-11,15-16H,12H2,1H3/t15-,16+,18?/m0/s1. The summed E-state index contributed by atoms with van der Waals surface area (Å²) in [6.45, 7) is 0.764. The fourth-order valence-corrected chi connectivity index (χ4v) is 2.68. The molecule has 0 bridgehead atoms. The molecule has 0 aliphatic carbocycles. The second kappa shape index (κ2) is 5.47. The van der Waals surface area contributed by atoms with Crippen LogP contribution in [0.1, 0.15) is 17.2 Å². The van der Waals surface area contributed by atoms with Gasteiger partial charge in [-0.1, -0.05) is 60.7 Å². The average molecular weight is 267 g/mol. The van der Waals surface area contributed by atoms with Crippen LogP contribution in [0.3, 0.4) is 0 Å². The summed E-state index contributed by atoms with van der Waals surface area (Å²) in [5.74, 6) is -0.158. The van der Waals surface area contributed by atoms with E-state index in [4.69, 9.17) is 4.74 Å². The Labute approximate surface area is 118 Å². The number of carbonyl (C=O) groups is 1. The molecule has 20 heavy (non-hydrogen) atoms. The first-order chi connectivity index (χ1) is 9.81. The molecular weight excluding hydrogens is 250 g/mol. The molecule has 1 saturated heterocycles. The van der Waals surface area contributed by atoms with Gasteiger partial charge in [-0.2, -0.15) is 0 Å². The fraction of sp³-hybridized carbons (Fsp3) is 0.235. The van der Waals surface area contributed by atoms with Gasteiger partial charge in [0.2, 0.25) is 0 Å². The molecule has 0 spiro atoms. The predicted octanol–water partition coefficient (Wildman–Crippen LogP) is 2.79. The summed E-state index contributed by atoms with van der Waals surface area (Å²) in [6, 6.07) is 20.3. The van der Waals surface area contributed by atoms with Gasteiger partial charge >= 0.3 is 5.97 Å². The van der Waals surface area contributed by atoms with E-state index >= 15 is 0 Å². The average Bonchev–Trinajstić information content (AvgIpc) is 3.22. The van der Waals surface area contributed by atoms with Crippen molar-refractivity contribution in [2.75, 3.05) is 7.11 Å². The molecule has 1 aliphatic rings. The number of hydrogen-bond acceptors (Lipinski definition) is 3. The smallest absolute Gasteiger partial charge is 0.325 e. The molecule has 1 aliphatic heterocycles. The van der Waals surface area contributed by atoms with Gasteiger partial charge < -0.3 is 4.74 Å². The number of nitrogens with zero attached hydrogens (tertiary/aromatic N) is 1. The Morgan fingerprint density at radius 3 is 2.25 bits per heavy atom. The zero-order valence-corrected chi connectivity index (χ0v) is 11.4. The molecule has 3 heteroatoms. The van der Waals surface area contributed by atoms with Gasteiger partial charge in [0, 0.05) is 6.54 Å². The number of rotatable bonds is 4. The molecule has 102 valence electrons. The number of esters is 1. The van der Waals surface area contributed by atoms with E-state index in [1.807, 2.05) is 36.4 Å². The molecule has 0 aromatic heterocycles. The van der Waals surface area contributed by atoms with E-state index in [9.17, 15) is 4.79 Å². The highest BCUT2D eigenvalue weighted by Crippen LogP contribution is 2.44. The predicted molar refractivity (Wildman–Crippen MR) is 77.0 cm³/mol. The number of methoxy groups -OCH3 is 1. The van der Waals surface area contributed by atoms with Crippen LogP contribution in [-0.4, -0.2) is 24.0 Å². The molecule has 3 rings (SSSR count). The minimum Gasteiger partial charge on any atom is -0.468 e. The Morgan fingerprint density at radius 2 is 1.65 bits per heavy atom. The quantitative estimate of drug-likeness (QED) is 0.630. The first kappa shape index (κ1) is 12.9. The first-order valence-corrected chi connectivity index (χ1v) is 6.73. The summed E-state index contributed by atoms with van der Waals surface area (Å²) in [5.41, 5.74) is 2.37. The van der Waals surface area contributed by atoms with Crippen molar-refractivity contribution in [1.82, 2.24) is 4.90 Å². The van der Waals surface area contributed by atoms with Gasteiger partial charge in [0.15, 0.2) is 0 Å². The van der Waals surface area contributed by atoms with Gasteiger partial charge in [-0.3, -0.25) is 9.69 Å². The Morgan fingerprint density at radius 1 is 1.05 bits per heavy atom. The van der Waals surface area contributed by atoms with Gasteiger partial charge in [-0.25, -0.2) is 0 Å². The molecule has 0 saturated carbocycles. The van der Waals surface area contributed by atoms with E-state index in [2.05, 4.69) is 29.2 Å². The van der Waals surface area contributed by atoms with Crippen LogP contribution >= 0.6 is 0 Å². The normalized spacial score (nSPS) is 24.1. The summed E-state index contributed by atoms with van der Waals surface area (Å²) in [5, 5.41) is 0. The Kier molecular flexibility index (Phi) is 3.52. The summed E-state index contributed by atoms with van der Waals surface area (Å²) in [7, 11) is 1.45. The molecule has 1 fully saturated rings. The zero-order chi connectivity index (χ0) is 13.9. The molecule has 3 nitrogen and oxygen atoms in total.